The van der Waals surface area contributed by atoms with Crippen molar-refractivity contribution in [1.29, 1.82) is 0 Å². The van der Waals surface area contributed by atoms with Crippen LogP contribution in [0.5, 0.6) is 0 Å². The van der Waals surface area contributed by atoms with Crippen LogP contribution in [0.4, 0.5) is 0 Å². The average molecular weight is 248 g/mol. The van der Waals surface area contributed by atoms with E-state index in [0.29, 0.717) is 5.88 Å². The number of benzene rings is 1. The molecule has 1 aromatic heterocycles. The van der Waals surface area contributed by atoms with Crippen LogP contribution < -0.4 is 0 Å². The summed E-state index contributed by atoms with van der Waals surface area (Å²) in [5, 5.41) is 1.44. The van der Waals surface area contributed by atoms with Crippen molar-refractivity contribution in [1.82, 2.24) is 4.57 Å². The van der Waals surface area contributed by atoms with Crippen molar-refractivity contribution in [3.8, 4) is 0 Å². The zero-order valence-corrected chi connectivity index (χ0v) is 11.3. The summed E-state index contributed by atoms with van der Waals surface area (Å²) in [5.41, 5.74) is 7.27. The molecule has 1 nitrogen and oxygen atoms in total. The third-order valence-corrected chi connectivity index (χ3v) is 4.27. The minimum absolute atomic E-state index is 0.712. The van der Waals surface area contributed by atoms with E-state index in [2.05, 4.69) is 30.5 Å². The Hall–Kier alpha value is -0.950. The molecule has 0 atom stereocenters. The normalized spacial score (nSPS) is 14.5. The summed E-state index contributed by atoms with van der Waals surface area (Å²) in [5.74, 6) is 0.712. The van der Waals surface area contributed by atoms with Crippen LogP contribution in [0.1, 0.15) is 28.8 Å². The third-order valence-electron chi connectivity index (χ3n) is 4.08. The second-order valence-electron chi connectivity index (χ2n) is 5.06. The number of halogens is 1. The number of hydrogen-bond donors (Lipinski definition) is 0. The summed E-state index contributed by atoms with van der Waals surface area (Å²) in [6.45, 7) is 5.66. The maximum Gasteiger partial charge on any atom is 0.0517 e. The Balaban J connectivity index is 2.33. The summed E-state index contributed by atoms with van der Waals surface area (Å²) < 4.78 is 2.49. The lowest BCUT2D eigenvalue weighted by Gasteiger charge is -2.18. The first-order chi connectivity index (χ1) is 8.22. The quantitative estimate of drug-likeness (QED) is 0.708. The second kappa shape index (κ2) is 4.06. The molecule has 0 amide bonds. The number of aryl methyl sites for hydroxylation is 4. The van der Waals surface area contributed by atoms with Crippen LogP contribution in [-0.2, 0) is 19.4 Å². The van der Waals surface area contributed by atoms with E-state index in [1.54, 1.807) is 0 Å². The molecule has 2 heterocycles. The Morgan fingerprint density at radius 3 is 2.88 bits per heavy atom. The van der Waals surface area contributed by atoms with Gasteiger partial charge in [0.25, 0.3) is 0 Å². The summed E-state index contributed by atoms with van der Waals surface area (Å²) in [4.78, 5) is 0. The predicted octanol–water partition coefficient (Wildman–Crippen LogP) is 3.99. The fourth-order valence-corrected chi connectivity index (χ4v) is 3.30. The van der Waals surface area contributed by atoms with Crippen LogP contribution in [0.25, 0.3) is 10.9 Å². The van der Waals surface area contributed by atoms with Crippen molar-refractivity contribution < 1.29 is 0 Å². The monoisotopic (exact) mass is 247 g/mol. The molecule has 0 unspecified atom stereocenters. The van der Waals surface area contributed by atoms with Gasteiger partial charge >= 0.3 is 0 Å². The van der Waals surface area contributed by atoms with E-state index >= 15 is 0 Å². The fourth-order valence-electron chi connectivity index (χ4n) is 3.08. The minimum Gasteiger partial charge on any atom is -0.344 e. The molecule has 0 bridgehead atoms. The Bertz CT molecular complexity index is 580. The summed E-state index contributed by atoms with van der Waals surface area (Å²) in [6.07, 6.45) is 3.46. The molecule has 17 heavy (non-hydrogen) atoms. The molecule has 0 radical (unpaired) electrons. The van der Waals surface area contributed by atoms with E-state index in [1.165, 1.54) is 52.7 Å². The van der Waals surface area contributed by atoms with Gasteiger partial charge in [0.05, 0.1) is 5.52 Å². The molecule has 0 fully saturated rings. The molecular formula is C15H18ClN. The van der Waals surface area contributed by atoms with E-state index in [9.17, 15) is 0 Å². The molecular weight excluding hydrogens is 230 g/mol. The van der Waals surface area contributed by atoms with E-state index in [-0.39, 0.29) is 0 Å². The molecule has 1 aliphatic heterocycles. The van der Waals surface area contributed by atoms with Crippen LogP contribution in [0, 0.1) is 13.8 Å². The van der Waals surface area contributed by atoms with Crippen molar-refractivity contribution in [3.05, 3.63) is 34.5 Å². The highest BCUT2D eigenvalue weighted by Crippen LogP contribution is 2.33. The highest BCUT2D eigenvalue weighted by molar-refractivity contribution is 6.18. The highest BCUT2D eigenvalue weighted by Gasteiger charge is 2.18. The topological polar surface area (TPSA) is 4.93 Å². The lowest BCUT2D eigenvalue weighted by atomic mass is 9.98. The second-order valence-corrected chi connectivity index (χ2v) is 5.43. The molecule has 90 valence electrons. The minimum atomic E-state index is 0.712. The van der Waals surface area contributed by atoms with Gasteiger partial charge in [0.1, 0.15) is 0 Å². The molecule has 0 aliphatic carbocycles. The number of rotatable bonds is 2. The van der Waals surface area contributed by atoms with Gasteiger partial charge in [-0.1, -0.05) is 6.07 Å². The molecule has 0 spiro atoms. The zero-order chi connectivity index (χ0) is 12.0. The smallest absolute Gasteiger partial charge is 0.0517 e. The van der Waals surface area contributed by atoms with Crippen molar-refractivity contribution in [2.45, 2.75) is 39.7 Å². The van der Waals surface area contributed by atoms with Crippen molar-refractivity contribution in [2.24, 2.45) is 0 Å². The fraction of sp³-hybridized carbons (Fsp3) is 0.467. The van der Waals surface area contributed by atoms with Gasteiger partial charge in [-0.25, -0.2) is 0 Å². The maximum atomic E-state index is 5.87. The van der Waals surface area contributed by atoms with E-state index in [0.717, 1.165) is 6.42 Å². The molecule has 2 heteroatoms. The number of hydrogen-bond acceptors (Lipinski definition) is 0. The zero-order valence-electron chi connectivity index (χ0n) is 10.5. The van der Waals surface area contributed by atoms with Gasteiger partial charge in [-0.3, -0.25) is 0 Å². The SMILES string of the molecule is Cc1c(C)n2c3c(cc(CCCl)cc13)CCC2. The average Bonchev–Trinajstić information content (AvgIpc) is 2.57. The maximum absolute atomic E-state index is 5.87. The lowest BCUT2D eigenvalue weighted by molar-refractivity contribution is 0.621. The molecule has 2 aromatic rings. The van der Waals surface area contributed by atoms with E-state index < -0.39 is 0 Å². The highest BCUT2D eigenvalue weighted by atomic mass is 35.5. The Labute approximate surface area is 107 Å². The Morgan fingerprint density at radius 2 is 2.12 bits per heavy atom. The van der Waals surface area contributed by atoms with E-state index in [1.807, 2.05) is 0 Å². The largest absolute Gasteiger partial charge is 0.344 e. The Kier molecular flexibility index (Phi) is 2.67. The van der Waals surface area contributed by atoms with Gasteiger partial charge in [0.15, 0.2) is 0 Å². The van der Waals surface area contributed by atoms with Crippen LogP contribution in [0.2, 0.25) is 0 Å². The van der Waals surface area contributed by atoms with Crippen LogP contribution in [-0.4, -0.2) is 10.4 Å². The van der Waals surface area contributed by atoms with Gasteiger partial charge in [-0.05, 0) is 55.9 Å². The van der Waals surface area contributed by atoms with E-state index in [4.69, 9.17) is 11.6 Å². The summed E-state index contributed by atoms with van der Waals surface area (Å²) in [6, 6.07) is 4.70. The molecule has 0 saturated heterocycles. The molecule has 1 aliphatic rings. The van der Waals surface area contributed by atoms with Crippen molar-refractivity contribution >= 4 is 22.5 Å². The van der Waals surface area contributed by atoms with Crippen LogP contribution >= 0.6 is 11.6 Å². The van der Waals surface area contributed by atoms with Crippen molar-refractivity contribution in [2.75, 3.05) is 5.88 Å². The Morgan fingerprint density at radius 1 is 1.29 bits per heavy atom. The first-order valence-electron chi connectivity index (χ1n) is 6.39. The summed E-state index contributed by atoms with van der Waals surface area (Å²) in [7, 11) is 0. The predicted molar refractivity (Wildman–Crippen MR) is 74.2 cm³/mol. The number of alkyl halides is 1. The lowest BCUT2D eigenvalue weighted by Crippen LogP contribution is -2.09. The first-order valence-corrected chi connectivity index (χ1v) is 6.93. The molecule has 0 N–H and O–H groups in total. The third kappa shape index (κ3) is 1.60. The number of aromatic nitrogens is 1. The van der Waals surface area contributed by atoms with Gasteiger partial charge in [0, 0.05) is 23.5 Å². The molecule has 0 saturated carbocycles. The first kappa shape index (κ1) is 11.2. The van der Waals surface area contributed by atoms with Gasteiger partial charge < -0.3 is 4.57 Å². The standard InChI is InChI=1S/C15H18ClN/c1-10-11(2)17-7-3-4-13-8-12(5-6-16)9-14(10)15(13)17/h8-9H,3-7H2,1-2H3. The van der Waals surface area contributed by atoms with Crippen molar-refractivity contribution in [3.63, 3.8) is 0 Å². The summed E-state index contributed by atoms with van der Waals surface area (Å²) >= 11 is 5.87. The molecule has 3 rings (SSSR count). The van der Waals surface area contributed by atoms with Gasteiger partial charge in [0.2, 0.25) is 0 Å². The van der Waals surface area contributed by atoms with Gasteiger partial charge in [-0.15, -0.1) is 11.6 Å². The molecule has 1 aromatic carbocycles. The van der Waals surface area contributed by atoms with Gasteiger partial charge in [-0.2, -0.15) is 0 Å². The number of nitrogens with zero attached hydrogens (tertiary/aromatic N) is 1. The van der Waals surface area contributed by atoms with Crippen LogP contribution in [0.3, 0.4) is 0 Å². The van der Waals surface area contributed by atoms with Crippen LogP contribution in [0.15, 0.2) is 12.1 Å².